The molecule has 0 saturated carbocycles. The molecule has 1 aromatic heterocycles. The number of rotatable bonds is 7. The van der Waals surface area contributed by atoms with Crippen molar-refractivity contribution in [2.45, 2.75) is 6.18 Å². The summed E-state index contributed by atoms with van der Waals surface area (Å²) in [6, 6.07) is 5.47. The van der Waals surface area contributed by atoms with Crippen molar-refractivity contribution in [3.63, 3.8) is 0 Å². The Hall–Kier alpha value is -3.89. The fourth-order valence-electron chi connectivity index (χ4n) is 2.26. The number of aromatic amines is 1. The summed E-state index contributed by atoms with van der Waals surface area (Å²) in [5.74, 6) is 0.404. The number of hydrogen-bond acceptors (Lipinski definition) is 5. The summed E-state index contributed by atoms with van der Waals surface area (Å²) in [4.78, 5) is 18.8. The van der Waals surface area contributed by atoms with Crippen molar-refractivity contribution in [3.8, 4) is 11.3 Å². The van der Waals surface area contributed by atoms with Crippen LogP contribution in [0.15, 0.2) is 47.8 Å². The summed E-state index contributed by atoms with van der Waals surface area (Å²) < 4.78 is 36.5. The largest absolute Gasteiger partial charge is 0.405 e. The van der Waals surface area contributed by atoms with E-state index in [1.807, 2.05) is 0 Å². The molecular formula is C18H18F3N7O. The lowest BCUT2D eigenvalue weighted by Crippen LogP contribution is -2.36. The third kappa shape index (κ3) is 6.34. The minimum atomic E-state index is -4.50. The molecule has 0 saturated heterocycles. The molecule has 8 nitrogen and oxygen atoms in total. The molecule has 1 heterocycles. The Morgan fingerprint density at radius 2 is 1.97 bits per heavy atom. The molecule has 0 aliphatic rings. The first kappa shape index (κ1) is 21.4. The van der Waals surface area contributed by atoms with Gasteiger partial charge in [-0.3, -0.25) is 0 Å². The zero-order valence-corrected chi connectivity index (χ0v) is 15.0. The highest BCUT2D eigenvalue weighted by Gasteiger charge is 2.27. The van der Waals surface area contributed by atoms with E-state index in [0.29, 0.717) is 33.9 Å². The van der Waals surface area contributed by atoms with Gasteiger partial charge < -0.3 is 32.2 Å². The molecule has 11 heteroatoms. The molecule has 0 atom stereocenters. The van der Waals surface area contributed by atoms with Crippen molar-refractivity contribution < 1.29 is 18.0 Å². The molecule has 0 spiro atoms. The lowest BCUT2D eigenvalue weighted by molar-refractivity contribution is -0.122. The van der Waals surface area contributed by atoms with Gasteiger partial charge in [0, 0.05) is 41.0 Å². The van der Waals surface area contributed by atoms with Gasteiger partial charge in [-0.05, 0) is 18.2 Å². The van der Waals surface area contributed by atoms with Gasteiger partial charge in [0.2, 0.25) is 0 Å². The van der Waals surface area contributed by atoms with E-state index in [0.717, 1.165) is 12.4 Å². The SMILES string of the molecule is N=CC(=C\N)/C(C=N)=C/c1ncc(-c2cccc(NC(=O)NCC(F)(F)F)c2)[nH]1. The van der Waals surface area contributed by atoms with Gasteiger partial charge in [0.15, 0.2) is 0 Å². The van der Waals surface area contributed by atoms with E-state index in [-0.39, 0.29) is 0 Å². The number of amides is 2. The van der Waals surface area contributed by atoms with Gasteiger partial charge in [0.25, 0.3) is 0 Å². The molecular weight excluding hydrogens is 387 g/mol. The second-order valence-electron chi connectivity index (χ2n) is 5.70. The van der Waals surface area contributed by atoms with Gasteiger partial charge in [-0.25, -0.2) is 9.78 Å². The van der Waals surface area contributed by atoms with Crippen LogP contribution in [0.3, 0.4) is 0 Å². The number of carbonyl (C=O) groups excluding carboxylic acids is 1. The molecule has 0 fully saturated rings. The summed E-state index contributed by atoms with van der Waals surface area (Å²) in [6.45, 7) is -1.43. The van der Waals surface area contributed by atoms with E-state index in [9.17, 15) is 18.0 Å². The molecule has 2 rings (SSSR count). The smallest absolute Gasteiger partial charge is 0.404 e. The third-order valence-electron chi connectivity index (χ3n) is 3.59. The summed E-state index contributed by atoms with van der Waals surface area (Å²) in [7, 11) is 0. The van der Waals surface area contributed by atoms with Gasteiger partial charge >= 0.3 is 12.2 Å². The highest BCUT2D eigenvalue weighted by atomic mass is 19.4. The van der Waals surface area contributed by atoms with Crippen molar-refractivity contribution >= 4 is 30.2 Å². The summed E-state index contributed by atoms with van der Waals surface area (Å²) in [5.41, 5.74) is 7.64. The lowest BCUT2D eigenvalue weighted by atomic mass is 10.1. The van der Waals surface area contributed by atoms with Crippen LogP contribution in [0.1, 0.15) is 5.82 Å². The first-order chi connectivity index (χ1) is 13.8. The Morgan fingerprint density at radius 1 is 1.24 bits per heavy atom. The molecule has 152 valence electrons. The predicted octanol–water partition coefficient (Wildman–Crippen LogP) is 3.29. The number of anilines is 1. The number of carbonyl (C=O) groups is 1. The van der Waals surface area contributed by atoms with E-state index in [2.05, 4.69) is 15.3 Å². The van der Waals surface area contributed by atoms with Crippen LogP contribution in [0, 0.1) is 10.8 Å². The number of urea groups is 1. The molecule has 0 aliphatic carbocycles. The number of alkyl halides is 3. The highest BCUT2D eigenvalue weighted by molar-refractivity contribution is 6.00. The highest BCUT2D eigenvalue weighted by Crippen LogP contribution is 2.22. The predicted molar refractivity (Wildman–Crippen MR) is 105 cm³/mol. The zero-order chi connectivity index (χ0) is 21.4. The minimum Gasteiger partial charge on any atom is -0.404 e. The second kappa shape index (κ2) is 9.35. The van der Waals surface area contributed by atoms with Crippen molar-refractivity contribution in [1.29, 1.82) is 10.8 Å². The van der Waals surface area contributed by atoms with Crippen LogP contribution in [0.5, 0.6) is 0 Å². The summed E-state index contributed by atoms with van der Waals surface area (Å²) in [5, 5.41) is 18.8. The van der Waals surface area contributed by atoms with Gasteiger partial charge in [0.1, 0.15) is 12.4 Å². The standard InChI is InChI=1S/C18H18F3N7O/c19-18(20,21)10-26-17(29)27-14-3-1-2-11(4-14)15-9-25-16(28-15)5-12(6-22)13(7-23)8-24/h1-9,22-23H,10,24H2,(H,25,28)(H2,26,27,29)/b12-5+,13-8+,22-6?,23-7?. The number of halogens is 3. The molecule has 0 bridgehead atoms. The van der Waals surface area contributed by atoms with E-state index < -0.39 is 18.8 Å². The van der Waals surface area contributed by atoms with Crippen LogP contribution in [-0.4, -0.2) is 41.1 Å². The van der Waals surface area contributed by atoms with E-state index in [1.54, 1.807) is 23.5 Å². The zero-order valence-electron chi connectivity index (χ0n) is 15.0. The monoisotopic (exact) mass is 405 g/mol. The minimum absolute atomic E-state index is 0.297. The third-order valence-corrected chi connectivity index (χ3v) is 3.59. The fraction of sp³-hybridized carbons (Fsp3) is 0.111. The number of imidazole rings is 1. The Balaban J connectivity index is 2.16. The topological polar surface area (TPSA) is 144 Å². The van der Waals surface area contributed by atoms with Crippen LogP contribution in [0.25, 0.3) is 17.3 Å². The maximum absolute atomic E-state index is 12.2. The maximum atomic E-state index is 12.2. The average molecular weight is 405 g/mol. The van der Waals surface area contributed by atoms with Crippen LogP contribution in [-0.2, 0) is 0 Å². The molecule has 2 aromatic rings. The van der Waals surface area contributed by atoms with Crippen LogP contribution < -0.4 is 16.4 Å². The number of nitrogens with zero attached hydrogens (tertiary/aromatic N) is 1. The Morgan fingerprint density at radius 3 is 2.59 bits per heavy atom. The van der Waals surface area contributed by atoms with Gasteiger partial charge in [-0.1, -0.05) is 12.1 Å². The number of nitrogens with two attached hydrogens (primary N) is 1. The van der Waals surface area contributed by atoms with Crippen molar-refractivity contribution in [3.05, 3.63) is 53.6 Å². The van der Waals surface area contributed by atoms with Crippen LogP contribution in [0.4, 0.5) is 23.7 Å². The fourth-order valence-corrected chi connectivity index (χ4v) is 2.26. The molecule has 1 aromatic carbocycles. The number of hydrogen-bond donors (Lipinski definition) is 6. The molecule has 7 N–H and O–H groups in total. The van der Waals surface area contributed by atoms with Crippen molar-refractivity contribution in [1.82, 2.24) is 15.3 Å². The van der Waals surface area contributed by atoms with Crippen LogP contribution >= 0.6 is 0 Å². The van der Waals surface area contributed by atoms with Crippen molar-refractivity contribution in [2.24, 2.45) is 5.73 Å². The normalized spacial score (nSPS) is 12.4. The maximum Gasteiger partial charge on any atom is 0.405 e. The van der Waals surface area contributed by atoms with Crippen molar-refractivity contribution in [2.75, 3.05) is 11.9 Å². The Bertz CT molecular complexity index is 960. The van der Waals surface area contributed by atoms with Crippen LogP contribution in [0.2, 0.25) is 0 Å². The first-order valence-electron chi connectivity index (χ1n) is 8.17. The number of benzene rings is 1. The quantitative estimate of drug-likeness (QED) is 0.311. The molecule has 0 aliphatic heterocycles. The summed E-state index contributed by atoms with van der Waals surface area (Å²) in [6.07, 6.45) is 1.81. The lowest BCUT2D eigenvalue weighted by Gasteiger charge is -2.10. The van der Waals surface area contributed by atoms with Gasteiger partial charge in [-0.2, -0.15) is 13.2 Å². The average Bonchev–Trinajstić information content (AvgIpc) is 3.15. The molecule has 2 amide bonds. The second-order valence-corrected chi connectivity index (χ2v) is 5.70. The van der Waals surface area contributed by atoms with Gasteiger partial charge in [-0.15, -0.1) is 0 Å². The summed E-state index contributed by atoms with van der Waals surface area (Å²) >= 11 is 0. The first-order valence-corrected chi connectivity index (χ1v) is 8.17. The van der Waals surface area contributed by atoms with E-state index in [1.165, 1.54) is 24.5 Å². The molecule has 0 radical (unpaired) electrons. The Labute approximate surface area is 163 Å². The van der Waals surface area contributed by atoms with E-state index in [4.69, 9.17) is 16.6 Å². The number of aromatic nitrogens is 2. The van der Waals surface area contributed by atoms with Gasteiger partial charge in [0.05, 0.1) is 11.9 Å². The molecule has 0 unspecified atom stereocenters. The number of nitrogens with one attached hydrogen (secondary N) is 5. The van der Waals surface area contributed by atoms with E-state index >= 15 is 0 Å². The molecule has 29 heavy (non-hydrogen) atoms. The number of H-pyrrole nitrogens is 1. The number of allylic oxidation sites excluding steroid dienone is 2. The Kier molecular flexibility index (Phi) is 6.90.